The molecule has 0 aromatic heterocycles. The molecule has 1 saturated heterocycles. The Kier molecular flexibility index (Phi) is 6.20. The van der Waals surface area contributed by atoms with Crippen molar-refractivity contribution in [2.45, 2.75) is 25.6 Å². The number of rotatable bonds is 5. The van der Waals surface area contributed by atoms with Crippen LogP contribution in [0.25, 0.3) is 0 Å². The predicted molar refractivity (Wildman–Crippen MR) is 110 cm³/mol. The Morgan fingerprint density at radius 2 is 1.83 bits per heavy atom. The molecule has 0 saturated carbocycles. The van der Waals surface area contributed by atoms with Crippen LogP contribution in [0.15, 0.2) is 42.5 Å². The summed E-state index contributed by atoms with van der Waals surface area (Å²) in [5, 5.41) is 5.33. The maximum Gasteiger partial charge on any atom is 0.416 e. The standard InChI is InChI=1S/C21H25F3N4O/c1-27(2)17-7-5-6-15(12-17)14-25-20(29)26-18-13-16(21(22,23)24)8-9-19(18)28-10-3-4-11-28/h5-9,12-13H,3-4,10-11,14H2,1-2H3,(H2,25,26,29). The van der Waals surface area contributed by atoms with Crippen molar-refractivity contribution < 1.29 is 18.0 Å². The van der Waals surface area contributed by atoms with E-state index in [2.05, 4.69) is 10.6 Å². The van der Waals surface area contributed by atoms with E-state index in [0.717, 1.165) is 49.3 Å². The van der Waals surface area contributed by atoms with Gasteiger partial charge in [0, 0.05) is 39.4 Å². The van der Waals surface area contributed by atoms with Gasteiger partial charge in [0.05, 0.1) is 16.9 Å². The third-order valence-corrected chi connectivity index (χ3v) is 4.90. The lowest BCUT2D eigenvalue weighted by molar-refractivity contribution is -0.137. The summed E-state index contributed by atoms with van der Waals surface area (Å²) in [6.45, 7) is 1.80. The van der Waals surface area contributed by atoms with Gasteiger partial charge in [0.25, 0.3) is 0 Å². The second kappa shape index (κ2) is 8.63. The lowest BCUT2D eigenvalue weighted by Gasteiger charge is -2.23. The van der Waals surface area contributed by atoms with Gasteiger partial charge in [-0.25, -0.2) is 4.79 Å². The summed E-state index contributed by atoms with van der Waals surface area (Å²) in [5.41, 5.74) is 1.89. The average molecular weight is 406 g/mol. The highest BCUT2D eigenvalue weighted by atomic mass is 19.4. The number of alkyl halides is 3. The molecule has 1 aliphatic heterocycles. The second-order valence-corrected chi connectivity index (χ2v) is 7.30. The molecule has 3 rings (SSSR count). The molecule has 0 spiro atoms. The van der Waals surface area contributed by atoms with Gasteiger partial charge in [-0.15, -0.1) is 0 Å². The number of halogens is 3. The quantitative estimate of drug-likeness (QED) is 0.757. The van der Waals surface area contributed by atoms with Gasteiger partial charge in [-0.1, -0.05) is 12.1 Å². The Balaban J connectivity index is 1.73. The van der Waals surface area contributed by atoms with E-state index in [0.29, 0.717) is 5.69 Å². The fourth-order valence-electron chi connectivity index (χ4n) is 3.34. The number of benzene rings is 2. The number of carbonyl (C=O) groups is 1. The minimum absolute atomic E-state index is 0.168. The Morgan fingerprint density at radius 1 is 1.10 bits per heavy atom. The van der Waals surface area contributed by atoms with Crippen LogP contribution in [0.1, 0.15) is 24.0 Å². The Labute approximate surface area is 168 Å². The molecule has 8 heteroatoms. The zero-order valence-corrected chi connectivity index (χ0v) is 16.5. The highest BCUT2D eigenvalue weighted by Crippen LogP contribution is 2.36. The number of hydrogen-bond acceptors (Lipinski definition) is 3. The molecule has 1 fully saturated rings. The van der Waals surface area contributed by atoms with E-state index in [9.17, 15) is 18.0 Å². The molecule has 0 bridgehead atoms. The molecule has 2 amide bonds. The summed E-state index contributed by atoms with van der Waals surface area (Å²) in [4.78, 5) is 16.3. The van der Waals surface area contributed by atoms with Crippen LogP contribution in [0, 0.1) is 0 Å². The molecule has 1 aliphatic rings. The lowest BCUT2D eigenvalue weighted by Crippen LogP contribution is -2.30. The SMILES string of the molecule is CN(C)c1cccc(CNC(=O)Nc2cc(C(F)(F)F)ccc2N2CCCC2)c1. The van der Waals surface area contributed by atoms with E-state index in [1.807, 2.05) is 48.2 Å². The minimum atomic E-state index is -4.47. The number of amides is 2. The third kappa shape index (κ3) is 5.34. The maximum atomic E-state index is 13.1. The minimum Gasteiger partial charge on any atom is -0.378 e. The molecular weight excluding hydrogens is 381 g/mol. The first-order valence-corrected chi connectivity index (χ1v) is 9.51. The fraction of sp³-hybridized carbons (Fsp3) is 0.381. The molecular formula is C21H25F3N4O. The third-order valence-electron chi connectivity index (χ3n) is 4.90. The van der Waals surface area contributed by atoms with Crippen LogP contribution in [-0.4, -0.2) is 33.2 Å². The molecule has 1 heterocycles. The van der Waals surface area contributed by atoms with E-state index in [-0.39, 0.29) is 12.2 Å². The first-order chi connectivity index (χ1) is 13.7. The molecule has 0 atom stereocenters. The number of carbonyl (C=O) groups excluding carboxylic acids is 1. The number of anilines is 3. The first kappa shape index (κ1) is 20.8. The summed E-state index contributed by atoms with van der Waals surface area (Å²) in [6.07, 6.45) is -2.51. The predicted octanol–water partition coefficient (Wildman–Crippen LogP) is 4.69. The molecule has 0 radical (unpaired) electrons. The van der Waals surface area contributed by atoms with E-state index in [4.69, 9.17) is 0 Å². The zero-order chi connectivity index (χ0) is 21.0. The molecule has 156 valence electrons. The fourth-order valence-corrected chi connectivity index (χ4v) is 3.34. The van der Waals surface area contributed by atoms with Crippen molar-refractivity contribution in [3.63, 3.8) is 0 Å². The van der Waals surface area contributed by atoms with Crippen LogP contribution in [0.2, 0.25) is 0 Å². The van der Waals surface area contributed by atoms with Gasteiger partial charge in [-0.05, 0) is 48.7 Å². The van der Waals surface area contributed by atoms with Gasteiger partial charge in [-0.3, -0.25) is 0 Å². The number of nitrogens with zero attached hydrogens (tertiary/aromatic N) is 2. The van der Waals surface area contributed by atoms with Crippen molar-refractivity contribution in [3.8, 4) is 0 Å². The van der Waals surface area contributed by atoms with E-state index >= 15 is 0 Å². The lowest BCUT2D eigenvalue weighted by atomic mass is 10.1. The molecule has 0 aliphatic carbocycles. The molecule has 2 aromatic carbocycles. The smallest absolute Gasteiger partial charge is 0.378 e. The first-order valence-electron chi connectivity index (χ1n) is 9.51. The van der Waals surface area contributed by atoms with Gasteiger partial charge in [0.2, 0.25) is 0 Å². The molecule has 5 nitrogen and oxygen atoms in total. The van der Waals surface area contributed by atoms with Crippen LogP contribution in [0.5, 0.6) is 0 Å². The number of hydrogen-bond donors (Lipinski definition) is 2. The molecule has 2 N–H and O–H groups in total. The number of nitrogens with one attached hydrogen (secondary N) is 2. The zero-order valence-electron chi connectivity index (χ0n) is 16.5. The van der Waals surface area contributed by atoms with Crippen LogP contribution in [-0.2, 0) is 12.7 Å². The van der Waals surface area contributed by atoms with Crippen molar-refractivity contribution in [3.05, 3.63) is 53.6 Å². The molecule has 29 heavy (non-hydrogen) atoms. The van der Waals surface area contributed by atoms with Crippen LogP contribution in [0.4, 0.5) is 35.0 Å². The van der Waals surface area contributed by atoms with Crippen molar-refractivity contribution in [1.29, 1.82) is 0 Å². The maximum absolute atomic E-state index is 13.1. The van der Waals surface area contributed by atoms with E-state index < -0.39 is 17.8 Å². The normalized spacial score (nSPS) is 14.0. The van der Waals surface area contributed by atoms with Crippen molar-refractivity contribution in [1.82, 2.24) is 5.32 Å². The van der Waals surface area contributed by atoms with Crippen molar-refractivity contribution in [2.75, 3.05) is 42.3 Å². The van der Waals surface area contributed by atoms with Gasteiger partial charge < -0.3 is 20.4 Å². The topological polar surface area (TPSA) is 47.6 Å². The summed E-state index contributed by atoms with van der Waals surface area (Å²) < 4.78 is 39.4. The largest absolute Gasteiger partial charge is 0.416 e. The van der Waals surface area contributed by atoms with E-state index in [1.54, 1.807) is 0 Å². The summed E-state index contributed by atoms with van der Waals surface area (Å²) in [7, 11) is 3.85. The van der Waals surface area contributed by atoms with Crippen LogP contribution < -0.4 is 20.4 Å². The van der Waals surface area contributed by atoms with Crippen molar-refractivity contribution >= 4 is 23.1 Å². The second-order valence-electron chi connectivity index (χ2n) is 7.30. The summed E-state index contributed by atoms with van der Waals surface area (Å²) in [5.74, 6) is 0. The van der Waals surface area contributed by atoms with Crippen LogP contribution in [0.3, 0.4) is 0 Å². The van der Waals surface area contributed by atoms with Gasteiger partial charge in [0.15, 0.2) is 0 Å². The summed E-state index contributed by atoms with van der Waals surface area (Å²) in [6, 6.07) is 10.6. The van der Waals surface area contributed by atoms with E-state index in [1.165, 1.54) is 6.07 Å². The highest BCUT2D eigenvalue weighted by Gasteiger charge is 2.32. The Morgan fingerprint density at radius 3 is 2.48 bits per heavy atom. The monoisotopic (exact) mass is 406 g/mol. The summed E-state index contributed by atoms with van der Waals surface area (Å²) >= 11 is 0. The van der Waals surface area contributed by atoms with Gasteiger partial charge in [-0.2, -0.15) is 13.2 Å². The van der Waals surface area contributed by atoms with Gasteiger partial charge in [0.1, 0.15) is 0 Å². The average Bonchev–Trinajstić information content (AvgIpc) is 3.20. The molecule has 2 aromatic rings. The van der Waals surface area contributed by atoms with Gasteiger partial charge >= 0.3 is 12.2 Å². The Hall–Kier alpha value is -2.90. The molecule has 0 unspecified atom stereocenters. The van der Waals surface area contributed by atoms with Crippen LogP contribution >= 0.6 is 0 Å². The number of urea groups is 1. The highest BCUT2D eigenvalue weighted by molar-refractivity contribution is 5.93. The Bertz CT molecular complexity index is 861. The van der Waals surface area contributed by atoms with Crippen molar-refractivity contribution in [2.24, 2.45) is 0 Å².